The molecule has 114 valence electrons. The molecule has 0 fully saturated rings. The smallest absolute Gasteiger partial charge is 0.250 e. The van der Waals surface area contributed by atoms with E-state index in [2.05, 4.69) is 25.6 Å². The first-order valence-electron chi connectivity index (χ1n) is 6.28. The summed E-state index contributed by atoms with van der Waals surface area (Å²) in [6.45, 7) is 0.205. The zero-order valence-corrected chi connectivity index (χ0v) is 15.2. The number of nitrogens with zero attached hydrogens (tertiary/aromatic N) is 1. The summed E-state index contributed by atoms with van der Waals surface area (Å²) in [7, 11) is -3.51. The minimum absolute atomic E-state index is 0.205. The van der Waals surface area contributed by atoms with Gasteiger partial charge in [0.15, 0.2) is 0 Å². The summed E-state index contributed by atoms with van der Waals surface area (Å²) in [4.78, 5) is 4.37. The van der Waals surface area contributed by atoms with Crippen molar-refractivity contribution in [2.75, 3.05) is 0 Å². The maximum atomic E-state index is 12.3. The minimum Gasteiger partial charge on any atom is -0.256 e. The van der Waals surface area contributed by atoms with Crippen LogP contribution in [0.4, 0.5) is 0 Å². The van der Waals surface area contributed by atoms with E-state index in [1.165, 1.54) is 11.3 Å². The highest BCUT2D eigenvalue weighted by Crippen LogP contribution is 2.27. The first-order chi connectivity index (χ1) is 10.6. The standard InChI is InChI=1S/C14H11BrN2O2S3/c15-12-3-4-13(21-12)22(18,19)17-8-10-2-1-6-16-14(10)11-5-7-20-9-11/h1-7,9,17H,8H2. The average molecular weight is 415 g/mol. The predicted molar refractivity (Wildman–Crippen MR) is 93.6 cm³/mol. The van der Waals surface area contributed by atoms with Gasteiger partial charge in [-0.2, -0.15) is 11.3 Å². The molecular weight excluding hydrogens is 404 g/mol. The zero-order chi connectivity index (χ0) is 15.6. The van der Waals surface area contributed by atoms with E-state index in [-0.39, 0.29) is 6.54 Å². The molecule has 0 amide bonds. The Morgan fingerprint density at radius 1 is 1.23 bits per heavy atom. The molecular formula is C14H11BrN2O2S3. The summed E-state index contributed by atoms with van der Waals surface area (Å²) >= 11 is 6.04. The van der Waals surface area contributed by atoms with Crippen molar-refractivity contribution in [1.29, 1.82) is 0 Å². The van der Waals surface area contributed by atoms with Gasteiger partial charge in [-0.25, -0.2) is 13.1 Å². The van der Waals surface area contributed by atoms with Gasteiger partial charge in [-0.05, 0) is 51.1 Å². The van der Waals surface area contributed by atoms with Gasteiger partial charge in [-0.15, -0.1) is 11.3 Å². The van der Waals surface area contributed by atoms with E-state index in [4.69, 9.17) is 0 Å². The summed E-state index contributed by atoms with van der Waals surface area (Å²) in [5.74, 6) is 0. The number of pyridine rings is 1. The van der Waals surface area contributed by atoms with Crippen molar-refractivity contribution in [2.45, 2.75) is 10.8 Å². The molecule has 0 aliphatic carbocycles. The summed E-state index contributed by atoms with van der Waals surface area (Å²) in [5.41, 5.74) is 2.65. The van der Waals surface area contributed by atoms with Crippen molar-refractivity contribution >= 4 is 48.6 Å². The van der Waals surface area contributed by atoms with Gasteiger partial charge in [0.05, 0.1) is 9.48 Å². The number of aromatic nitrogens is 1. The van der Waals surface area contributed by atoms with Gasteiger partial charge in [-0.3, -0.25) is 4.98 Å². The summed E-state index contributed by atoms with van der Waals surface area (Å²) < 4.78 is 28.3. The van der Waals surface area contributed by atoms with Crippen LogP contribution >= 0.6 is 38.6 Å². The molecule has 0 saturated carbocycles. The largest absolute Gasteiger partial charge is 0.256 e. The highest BCUT2D eigenvalue weighted by atomic mass is 79.9. The topological polar surface area (TPSA) is 59.1 Å². The zero-order valence-electron chi connectivity index (χ0n) is 11.2. The van der Waals surface area contributed by atoms with Crippen LogP contribution in [0.5, 0.6) is 0 Å². The predicted octanol–water partition coefficient (Wildman–Crippen LogP) is 4.11. The summed E-state index contributed by atoms with van der Waals surface area (Å²) in [5, 5.41) is 3.97. The van der Waals surface area contributed by atoms with Gasteiger partial charge >= 0.3 is 0 Å². The Bertz CT molecular complexity index is 873. The van der Waals surface area contributed by atoms with Crippen molar-refractivity contribution in [3.05, 3.63) is 56.6 Å². The molecule has 0 unspecified atom stereocenters. The van der Waals surface area contributed by atoms with Crippen LogP contribution in [0, 0.1) is 0 Å². The number of hydrogen-bond acceptors (Lipinski definition) is 5. The van der Waals surface area contributed by atoms with Crippen molar-refractivity contribution in [3.63, 3.8) is 0 Å². The van der Waals surface area contributed by atoms with Crippen LogP contribution in [0.3, 0.4) is 0 Å². The molecule has 3 rings (SSSR count). The molecule has 8 heteroatoms. The molecule has 3 heterocycles. The number of nitrogens with one attached hydrogen (secondary N) is 1. The fraction of sp³-hybridized carbons (Fsp3) is 0.0714. The number of sulfonamides is 1. The molecule has 0 saturated heterocycles. The van der Waals surface area contributed by atoms with Gasteiger partial charge in [0.2, 0.25) is 10.0 Å². The molecule has 0 radical (unpaired) electrons. The Labute approximate surface area is 145 Å². The maximum Gasteiger partial charge on any atom is 0.250 e. The van der Waals surface area contributed by atoms with Crippen LogP contribution < -0.4 is 4.72 Å². The first-order valence-corrected chi connectivity index (χ1v) is 10.3. The summed E-state index contributed by atoms with van der Waals surface area (Å²) in [6.07, 6.45) is 1.71. The normalized spacial score (nSPS) is 11.7. The van der Waals surface area contributed by atoms with Crippen LogP contribution in [0.2, 0.25) is 0 Å². The molecule has 3 aromatic heterocycles. The fourth-order valence-corrected chi connectivity index (χ4v) is 5.63. The Morgan fingerprint density at radius 3 is 2.77 bits per heavy atom. The van der Waals surface area contributed by atoms with Gasteiger partial charge in [-0.1, -0.05) is 6.07 Å². The van der Waals surface area contributed by atoms with E-state index in [1.54, 1.807) is 35.7 Å². The number of hydrogen-bond donors (Lipinski definition) is 1. The van der Waals surface area contributed by atoms with Crippen LogP contribution in [0.25, 0.3) is 11.3 Å². The van der Waals surface area contributed by atoms with Crippen molar-refractivity contribution < 1.29 is 8.42 Å². The lowest BCUT2D eigenvalue weighted by Crippen LogP contribution is -2.22. The second-order valence-electron chi connectivity index (χ2n) is 4.41. The van der Waals surface area contributed by atoms with Crippen LogP contribution in [-0.2, 0) is 16.6 Å². The van der Waals surface area contributed by atoms with E-state index in [0.29, 0.717) is 4.21 Å². The van der Waals surface area contributed by atoms with E-state index in [0.717, 1.165) is 20.6 Å². The molecule has 0 bridgehead atoms. The lowest BCUT2D eigenvalue weighted by atomic mass is 10.1. The SMILES string of the molecule is O=S(=O)(NCc1cccnc1-c1ccsc1)c1ccc(Br)s1. The second kappa shape index (κ2) is 6.59. The van der Waals surface area contributed by atoms with Crippen LogP contribution in [0.1, 0.15) is 5.56 Å². The molecule has 3 aromatic rings. The van der Waals surface area contributed by atoms with Crippen molar-refractivity contribution in [2.24, 2.45) is 0 Å². The quantitative estimate of drug-likeness (QED) is 0.682. The van der Waals surface area contributed by atoms with Crippen molar-refractivity contribution in [1.82, 2.24) is 9.71 Å². The van der Waals surface area contributed by atoms with Gasteiger partial charge in [0.1, 0.15) is 4.21 Å². The highest BCUT2D eigenvalue weighted by molar-refractivity contribution is 9.11. The van der Waals surface area contributed by atoms with Gasteiger partial charge in [0.25, 0.3) is 0 Å². The first kappa shape index (κ1) is 15.8. The van der Waals surface area contributed by atoms with Gasteiger partial charge < -0.3 is 0 Å². The number of halogens is 1. The Kier molecular flexibility index (Phi) is 4.74. The maximum absolute atomic E-state index is 12.3. The molecule has 0 aromatic carbocycles. The molecule has 0 atom stereocenters. The molecule has 0 spiro atoms. The Morgan fingerprint density at radius 2 is 2.09 bits per heavy atom. The second-order valence-corrected chi connectivity index (χ2v) is 9.64. The Balaban J connectivity index is 1.83. The molecule has 4 nitrogen and oxygen atoms in total. The fourth-order valence-electron chi connectivity index (χ4n) is 1.93. The summed E-state index contributed by atoms with van der Waals surface area (Å²) in [6, 6.07) is 8.97. The van der Waals surface area contributed by atoms with E-state index in [1.807, 2.05) is 22.9 Å². The highest BCUT2D eigenvalue weighted by Gasteiger charge is 2.17. The molecule has 1 N–H and O–H groups in total. The van der Waals surface area contributed by atoms with E-state index >= 15 is 0 Å². The van der Waals surface area contributed by atoms with Crippen LogP contribution in [-0.4, -0.2) is 13.4 Å². The number of thiophene rings is 2. The number of rotatable bonds is 5. The molecule has 22 heavy (non-hydrogen) atoms. The van der Waals surface area contributed by atoms with Crippen molar-refractivity contribution in [3.8, 4) is 11.3 Å². The van der Waals surface area contributed by atoms with E-state index in [9.17, 15) is 8.42 Å². The minimum atomic E-state index is -3.51. The Hall–Kier alpha value is -1.06. The average Bonchev–Trinajstić information content (AvgIpc) is 3.17. The van der Waals surface area contributed by atoms with E-state index < -0.39 is 10.0 Å². The monoisotopic (exact) mass is 414 g/mol. The lowest BCUT2D eigenvalue weighted by Gasteiger charge is -2.08. The molecule has 0 aliphatic heterocycles. The third-order valence-corrected chi connectivity index (χ3v) is 7.15. The third-order valence-electron chi connectivity index (χ3n) is 2.95. The van der Waals surface area contributed by atoms with Crippen LogP contribution in [0.15, 0.2) is 55.3 Å². The van der Waals surface area contributed by atoms with Gasteiger partial charge in [0, 0.05) is 23.7 Å². The lowest BCUT2D eigenvalue weighted by molar-refractivity contribution is 0.583. The molecule has 0 aliphatic rings. The third kappa shape index (κ3) is 3.47.